The van der Waals surface area contributed by atoms with Crippen molar-refractivity contribution in [3.8, 4) is 0 Å². The van der Waals surface area contributed by atoms with Crippen LogP contribution in [0.3, 0.4) is 0 Å². The van der Waals surface area contributed by atoms with E-state index in [9.17, 15) is 8.42 Å². The highest BCUT2D eigenvalue weighted by molar-refractivity contribution is 7.92. The molecule has 0 aliphatic rings. The van der Waals surface area contributed by atoms with Gasteiger partial charge in [-0.1, -0.05) is 20.3 Å². The zero-order valence-corrected chi connectivity index (χ0v) is 13.4. The van der Waals surface area contributed by atoms with Crippen LogP contribution < -0.4 is 10.0 Å². The van der Waals surface area contributed by atoms with E-state index in [0.29, 0.717) is 11.6 Å². The number of hydrogen-bond donors (Lipinski definition) is 2. The highest BCUT2D eigenvalue weighted by Gasteiger charge is 2.14. The molecular formula is C12H23N3O2S2. The Hall–Kier alpha value is -0.660. The first-order valence-corrected chi connectivity index (χ1v) is 9.21. The summed E-state index contributed by atoms with van der Waals surface area (Å²) in [5.74, 6) is 0.155. The van der Waals surface area contributed by atoms with E-state index in [1.807, 2.05) is 19.2 Å². The summed E-state index contributed by atoms with van der Waals surface area (Å²) in [6.45, 7) is 7.03. The normalized spacial score (nSPS) is 13.4. The lowest BCUT2D eigenvalue weighted by atomic mass is 10.2. The van der Waals surface area contributed by atoms with Crippen molar-refractivity contribution in [3.63, 3.8) is 0 Å². The van der Waals surface area contributed by atoms with Gasteiger partial charge in [-0.25, -0.2) is 13.4 Å². The Morgan fingerprint density at radius 1 is 1.37 bits per heavy atom. The maximum atomic E-state index is 11.7. The molecule has 1 rings (SSSR count). The van der Waals surface area contributed by atoms with Crippen LogP contribution in [0, 0.1) is 0 Å². The van der Waals surface area contributed by atoms with Gasteiger partial charge >= 0.3 is 0 Å². The maximum Gasteiger partial charge on any atom is 0.234 e. The van der Waals surface area contributed by atoms with Gasteiger partial charge in [0.15, 0.2) is 5.13 Å². The number of aromatic nitrogens is 1. The van der Waals surface area contributed by atoms with Crippen molar-refractivity contribution in [3.05, 3.63) is 11.1 Å². The van der Waals surface area contributed by atoms with Gasteiger partial charge in [0.1, 0.15) is 0 Å². The minimum atomic E-state index is -3.25. The van der Waals surface area contributed by atoms with Gasteiger partial charge in [-0.2, -0.15) is 0 Å². The van der Waals surface area contributed by atoms with Crippen molar-refractivity contribution >= 4 is 26.5 Å². The number of nitrogens with zero attached hydrogens (tertiary/aromatic N) is 1. The third-order valence-electron chi connectivity index (χ3n) is 2.68. The molecule has 1 aromatic rings. The molecule has 2 N–H and O–H groups in total. The number of anilines is 1. The van der Waals surface area contributed by atoms with Crippen molar-refractivity contribution in [2.45, 2.75) is 46.1 Å². The van der Waals surface area contributed by atoms with Crippen LogP contribution in [-0.4, -0.2) is 25.7 Å². The molecule has 0 amide bonds. The molecular weight excluding hydrogens is 282 g/mol. The largest absolute Gasteiger partial charge is 0.309 e. The Bertz CT molecular complexity index is 471. The Labute approximate surface area is 119 Å². The van der Waals surface area contributed by atoms with E-state index in [-0.39, 0.29) is 11.8 Å². The second-order valence-electron chi connectivity index (χ2n) is 4.53. The van der Waals surface area contributed by atoms with E-state index in [0.717, 1.165) is 25.1 Å². The molecule has 0 aliphatic heterocycles. The van der Waals surface area contributed by atoms with Crippen LogP contribution in [0.15, 0.2) is 5.38 Å². The van der Waals surface area contributed by atoms with E-state index in [4.69, 9.17) is 0 Å². The molecule has 0 spiro atoms. The van der Waals surface area contributed by atoms with Crippen LogP contribution in [0.4, 0.5) is 5.13 Å². The Balaban J connectivity index is 2.59. The first-order valence-electron chi connectivity index (χ1n) is 6.67. The van der Waals surface area contributed by atoms with E-state index in [1.54, 1.807) is 0 Å². The number of rotatable bonds is 9. The minimum absolute atomic E-state index is 0.144. The standard InChI is InChI=1S/C12H23N3O2S2/c1-4-6-8-19(16,17)15-12-14-11(9-18-12)10(3)13-7-5-2/h9-10,13H,4-8H2,1-3H3,(H,14,15). The third kappa shape index (κ3) is 5.88. The van der Waals surface area contributed by atoms with Gasteiger partial charge in [0.05, 0.1) is 11.4 Å². The molecule has 0 bridgehead atoms. The molecule has 5 nitrogen and oxygen atoms in total. The highest BCUT2D eigenvalue weighted by atomic mass is 32.2. The van der Waals surface area contributed by atoms with Crippen molar-refractivity contribution in [1.82, 2.24) is 10.3 Å². The summed E-state index contributed by atoms with van der Waals surface area (Å²) >= 11 is 1.33. The number of unbranched alkanes of at least 4 members (excludes halogenated alkanes) is 1. The molecule has 0 aliphatic carbocycles. The van der Waals surface area contributed by atoms with Gasteiger partial charge in [0.2, 0.25) is 10.0 Å². The Morgan fingerprint density at radius 2 is 2.11 bits per heavy atom. The van der Waals surface area contributed by atoms with Gasteiger partial charge in [-0.3, -0.25) is 4.72 Å². The lowest BCUT2D eigenvalue weighted by Gasteiger charge is -2.09. The molecule has 0 radical (unpaired) electrons. The van der Waals surface area contributed by atoms with Crippen LogP contribution in [0.1, 0.15) is 51.8 Å². The average molecular weight is 305 g/mol. The van der Waals surface area contributed by atoms with Gasteiger partial charge < -0.3 is 5.32 Å². The van der Waals surface area contributed by atoms with Crippen LogP contribution in [0.5, 0.6) is 0 Å². The Morgan fingerprint density at radius 3 is 2.74 bits per heavy atom. The second-order valence-corrected chi connectivity index (χ2v) is 7.23. The van der Waals surface area contributed by atoms with Gasteiger partial charge in [0.25, 0.3) is 0 Å². The summed E-state index contributed by atoms with van der Waals surface area (Å²) in [7, 11) is -3.25. The zero-order valence-electron chi connectivity index (χ0n) is 11.8. The molecule has 7 heteroatoms. The first kappa shape index (κ1) is 16.4. The zero-order chi connectivity index (χ0) is 14.3. The van der Waals surface area contributed by atoms with Crippen LogP contribution in [0.2, 0.25) is 0 Å². The summed E-state index contributed by atoms with van der Waals surface area (Å²) in [6.07, 6.45) is 2.59. The monoisotopic (exact) mass is 305 g/mol. The number of nitrogens with one attached hydrogen (secondary N) is 2. The summed E-state index contributed by atoms with van der Waals surface area (Å²) in [6, 6.07) is 0.144. The molecule has 1 heterocycles. The maximum absolute atomic E-state index is 11.7. The predicted molar refractivity (Wildman–Crippen MR) is 81.1 cm³/mol. The molecule has 19 heavy (non-hydrogen) atoms. The third-order valence-corrected chi connectivity index (χ3v) is 4.91. The topological polar surface area (TPSA) is 71.1 Å². The van der Waals surface area contributed by atoms with Crippen LogP contribution in [-0.2, 0) is 10.0 Å². The molecule has 110 valence electrons. The smallest absolute Gasteiger partial charge is 0.234 e. The summed E-state index contributed by atoms with van der Waals surface area (Å²) in [4.78, 5) is 4.32. The lowest BCUT2D eigenvalue weighted by Crippen LogP contribution is -2.20. The first-order chi connectivity index (χ1) is 8.98. The summed E-state index contributed by atoms with van der Waals surface area (Å²) < 4.78 is 26.0. The van der Waals surface area contributed by atoms with Gasteiger partial charge in [0, 0.05) is 11.4 Å². The van der Waals surface area contributed by atoms with Gasteiger partial charge in [-0.05, 0) is 26.3 Å². The van der Waals surface area contributed by atoms with Crippen molar-refractivity contribution in [1.29, 1.82) is 0 Å². The van der Waals surface area contributed by atoms with E-state index in [1.165, 1.54) is 11.3 Å². The number of hydrogen-bond acceptors (Lipinski definition) is 5. The molecule has 0 fully saturated rings. The fourth-order valence-corrected chi connectivity index (χ4v) is 3.82. The van der Waals surface area contributed by atoms with Crippen LogP contribution >= 0.6 is 11.3 Å². The summed E-state index contributed by atoms with van der Waals surface area (Å²) in [5.41, 5.74) is 0.881. The Kier molecular flexibility index (Phi) is 6.74. The highest BCUT2D eigenvalue weighted by Crippen LogP contribution is 2.21. The lowest BCUT2D eigenvalue weighted by molar-refractivity contribution is 0.561. The fraction of sp³-hybridized carbons (Fsp3) is 0.750. The number of sulfonamides is 1. The minimum Gasteiger partial charge on any atom is -0.309 e. The molecule has 1 aromatic heterocycles. The SMILES string of the molecule is CCCCS(=O)(=O)Nc1nc(C(C)NCCC)cs1. The van der Waals surface area contributed by atoms with Crippen molar-refractivity contribution in [2.24, 2.45) is 0 Å². The molecule has 0 saturated heterocycles. The molecule has 0 saturated carbocycles. The molecule has 0 aromatic carbocycles. The van der Waals surface area contributed by atoms with E-state index >= 15 is 0 Å². The quantitative estimate of drug-likeness (QED) is 0.736. The second kappa shape index (κ2) is 7.81. The average Bonchev–Trinajstić information content (AvgIpc) is 2.81. The van der Waals surface area contributed by atoms with Crippen LogP contribution in [0.25, 0.3) is 0 Å². The van der Waals surface area contributed by atoms with E-state index in [2.05, 4.69) is 21.9 Å². The fourth-order valence-electron chi connectivity index (χ4n) is 1.52. The predicted octanol–water partition coefficient (Wildman–Crippen LogP) is 2.75. The van der Waals surface area contributed by atoms with Gasteiger partial charge in [-0.15, -0.1) is 11.3 Å². The van der Waals surface area contributed by atoms with E-state index < -0.39 is 10.0 Å². The summed E-state index contributed by atoms with van der Waals surface area (Å²) in [5, 5.41) is 5.67. The number of thiazole rings is 1. The molecule has 1 unspecified atom stereocenters. The van der Waals surface area contributed by atoms with Crippen molar-refractivity contribution < 1.29 is 8.42 Å². The molecule has 1 atom stereocenters. The van der Waals surface area contributed by atoms with Crippen molar-refractivity contribution in [2.75, 3.05) is 17.0 Å².